The summed E-state index contributed by atoms with van der Waals surface area (Å²) in [6, 6.07) is 13.1. The molecule has 2 aliphatic heterocycles. The fourth-order valence-corrected chi connectivity index (χ4v) is 4.41. The molecule has 2 saturated heterocycles. The minimum absolute atomic E-state index is 0.564. The fraction of sp³-hybridized carbons (Fsp3) is 0.611. The van der Waals surface area contributed by atoms with Crippen molar-refractivity contribution >= 4 is 17.3 Å². The first-order chi connectivity index (χ1) is 10.8. The maximum absolute atomic E-state index is 5.40. The molecule has 120 valence electrons. The zero-order chi connectivity index (χ0) is 15.4. The molecule has 4 heteroatoms. The minimum atomic E-state index is 0.564. The summed E-state index contributed by atoms with van der Waals surface area (Å²) >= 11 is 5.40. The Kier molecular flexibility index (Phi) is 5.32. The Labute approximate surface area is 139 Å². The molecule has 0 saturated carbocycles. The first kappa shape index (κ1) is 15.8. The molecule has 2 heterocycles. The van der Waals surface area contributed by atoms with Crippen LogP contribution in [-0.4, -0.2) is 29.8 Å². The molecule has 4 atom stereocenters. The predicted molar refractivity (Wildman–Crippen MR) is 95.0 cm³/mol. The zero-order valence-electron chi connectivity index (χ0n) is 13.5. The SMILES string of the molecule is CCCNC(=S)NC1C[C@H]2CC[C@@H](C1)[NH+]2Cc1ccccc1. The summed E-state index contributed by atoms with van der Waals surface area (Å²) in [5.41, 5.74) is 1.47. The van der Waals surface area contributed by atoms with Crippen molar-refractivity contribution in [3.63, 3.8) is 0 Å². The molecular weight excluding hydrogens is 290 g/mol. The van der Waals surface area contributed by atoms with Gasteiger partial charge < -0.3 is 15.5 Å². The van der Waals surface area contributed by atoms with Crippen LogP contribution in [0.5, 0.6) is 0 Å². The predicted octanol–water partition coefficient (Wildman–Crippen LogP) is 1.64. The van der Waals surface area contributed by atoms with E-state index in [4.69, 9.17) is 12.2 Å². The molecule has 3 N–H and O–H groups in total. The summed E-state index contributed by atoms with van der Waals surface area (Å²) in [5, 5.41) is 7.69. The van der Waals surface area contributed by atoms with E-state index < -0.39 is 0 Å². The van der Waals surface area contributed by atoms with Gasteiger partial charge in [0, 0.05) is 43.8 Å². The minimum Gasteiger partial charge on any atom is -0.363 e. The molecule has 1 aromatic carbocycles. The molecule has 2 fully saturated rings. The summed E-state index contributed by atoms with van der Waals surface area (Å²) in [7, 11) is 0. The van der Waals surface area contributed by atoms with Crippen LogP contribution >= 0.6 is 12.2 Å². The van der Waals surface area contributed by atoms with Gasteiger partial charge in [0.1, 0.15) is 6.54 Å². The number of nitrogens with one attached hydrogen (secondary N) is 3. The molecule has 2 unspecified atom stereocenters. The van der Waals surface area contributed by atoms with Crippen LogP contribution < -0.4 is 15.5 Å². The van der Waals surface area contributed by atoms with Gasteiger partial charge in [0.05, 0.1) is 12.1 Å². The highest BCUT2D eigenvalue weighted by molar-refractivity contribution is 7.80. The number of piperidine rings is 1. The van der Waals surface area contributed by atoms with Crippen LogP contribution in [0.1, 0.15) is 44.6 Å². The Hall–Kier alpha value is -1.13. The topological polar surface area (TPSA) is 28.5 Å². The maximum atomic E-state index is 5.40. The third kappa shape index (κ3) is 3.79. The number of quaternary nitrogens is 1. The quantitative estimate of drug-likeness (QED) is 0.721. The molecular formula is C18H28N3S+. The number of benzene rings is 1. The summed E-state index contributed by atoms with van der Waals surface area (Å²) in [6.45, 7) is 4.32. The largest absolute Gasteiger partial charge is 0.363 e. The van der Waals surface area contributed by atoms with Gasteiger partial charge in [-0.25, -0.2) is 0 Å². The molecule has 0 aromatic heterocycles. The van der Waals surface area contributed by atoms with Crippen molar-refractivity contribution in [2.45, 2.75) is 63.7 Å². The molecule has 0 amide bonds. The van der Waals surface area contributed by atoms with Crippen LogP contribution in [0.2, 0.25) is 0 Å². The fourth-order valence-electron chi connectivity index (χ4n) is 4.14. The second kappa shape index (κ2) is 7.42. The summed E-state index contributed by atoms with van der Waals surface area (Å²) in [6.07, 6.45) is 6.38. The maximum Gasteiger partial charge on any atom is 0.166 e. The lowest BCUT2D eigenvalue weighted by Gasteiger charge is -2.36. The van der Waals surface area contributed by atoms with Crippen molar-refractivity contribution in [2.24, 2.45) is 0 Å². The third-order valence-corrected chi connectivity index (χ3v) is 5.43. The molecule has 2 aliphatic rings. The van der Waals surface area contributed by atoms with Gasteiger partial charge in [-0.15, -0.1) is 0 Å². The van der Waals surface area contributed by atoms with E-state index in [0.29, 0.717) is 6.04 Å². The van der Waals surface area contributed by atoms with E-state index in [9.17, 15) is 0 Å². The molecule has 0 spiro atoms. The van der Waals surface area contributed by atoms with E-state index in [0.717, 1.165) is 30.2 Å². The van der Waals surface area contributed by atoms with Crippen molar-refractivity contribution in [2.75, 3.05) is 6.54 Å². The number of thiocarbonyl (C=S) groups is 1. The van der Waals surface area contributed by atoms with Gasteiger partial charge in [-0.05, 0) is 18.6 Å². The Morgan fingerprint density at radius 3 is 2.50 bits per heavy atom. The molecule has 0 aliphatic carbocycles. The van der Waals surface area contributed by atoms with Crippen LogP contribution in [0.3, 0.4) is 0 Å². The van der Waals surface area contributed by atoms with E-state index in [1.165, 1.54) is 37.8 Å². The van der Waals surface area contributed by atoms with E-state index in [1.54, 1.807) is 4.90 Å². The van der Waals surface area contributed by atoms with E-state index in [2.05, 4.69) is 47.9 Å². The normalized spacial score (nSPS) is 30.0. The lowest BCUT2D eigenvalue weighted by molar-refractivity contribution is -0.954. The number of fused-ring (bicyclic) bond motifs is 2. The molecule has 3 rings (SSSR count). The summed E-state index contributed by atoms with van der Waals surface area (Å²) in [5.74, 6) is 0. The molecule has 0 radical (unpaired) electrons. The Morgan fingerprint density at radius 2 is 1.86 bits per heavy atom. The third-order valence-electron chi connectivity index (χ3n) is 5.17. The van der Waals surface area contributed by atoms with Crippen LogP contribution in [0.4, 0.5) is 0 Å². The average molecular weight is 319 g/mol. The number of hydrogen-bond donors (Lipinski definition) is 3. The first-order valence-electron chi connectivity index (χ1n) is 8.70. The second-order valence-corrected chi connectivity index (χ2v) is 7.19. The van der Waals surface area contributed by atoms with Gasteiger partial charge in [-0.2, -0.15) is 0 Å². The molecule has 3 nitrogen and oxygen atoms in total. The zero-order valence-corrected chi connectivity index (χ0v) is 14.3. The molecule has 22 heavy (non-hydrogen) atoms. The van der Waals surface area contributed by atoms with Crippen LogP contribution in [-0.2, 0) is 6.54 Å². The van der Waals surface area contributed by atoms with Gasteiger partial charge in [-0.3, -0.25) is 0 Å². The molecule has 2 bridgehead atoms. The van der Waals surface area contributed by atoms with Crippen molar-refractivity contribution < 1.29 is 4.90 Å². The van der Waals surface area contributed by atoms with Crippen molar-refractivity contribution in [1.82, 2.24) is 10.6 Å². The lowest BCUT2D eigenvalue weighted by Crippen LogP contribution is -3.17. The van der Waals surface area contributed by atoms with Crippen LogP contribution in [0, 0.1) is 0 Å². The highest BCUT2D eigenvalue weighted by Gasteiger charge is 2.44. The van der Waals surface area contributed by atoms with Crippen molar-refractivity contribution in [3.8, 4) is 0 Å². The smallest absolute Gasteiger partial charge is 0.166 e. The van der Waals surface area contributed by atoms with E-state index in [1.807, 2.05) is 0 Å². The van der Waals surface area contributed by atoms with Gasteiger partial charge >= 0.3 is 0 Å². The van der Waals surface area contributed by atoms with Crippen LogP contribution in [0.15, 0.2) is 30.3 Å². The highest BCUT2D eigenvalue weighted by Crippen LogP contribution is 2.23. The Bertz CT molecular complexity index is 476. The standard InChI is InChI=1S/C18H27N3S/c1-2-10-19-18(22)20-15-11-16-8-9-17(12-15)21(16)13-14-6-4-3-5-7-14/h3-7,15-17H,2,8-13H2,1H3,(H2,19,20,22)/p+1/t15?,16-,17+. The van der Waals surface area contributed by atoms with E-state index >= 15 is 0 Å². The Morgan fingerprint density at radius 1 is 1.18 bits per heavy atom. The average Bonchev–Trinajstić information content (AvgIpc) is 2.76. The van der Waals surface area contributed by atoms with Gasteiger partial charge in [0.25, 0.3) is 0 Å². The van der Waals surface area contributed by atoms with Gasteiger partial charge in [0.15, 0.2) is 5.11 Å². The lowest BCUT2D eigenvalue weighted by atomic mass is 9.96. The number of hydrogen-bond acceptors (Lipinski definition) is 1. The Balaban J connectivity index is 1.54. The second-order valence-electron chi connectivity index (χ2n) is 6.78. The number of rotatable bonds is 5. The highest BCUT2D eigenvalue weighted by atomic mass is 32.1. The van der Waals surface area contributed by atoms with E-state index in [-0.39, 0.29) is 0 Å². The van der Waals surface area contributed by atoms with Crippen LogP contribution in [0.25, 0.3) is 0 Å². The van der Waals surface area contributed by atoms with Gasteiger partial charge in [-0.1, -0.05) is 37.3 Å². The van der Waals surface area contributed by atoms with Crippen molar-refractivity contribution in [3.05, 3.63) is 35.9 Å². The summed E-state index contributed by atoms with van der Waals surface area (Å²) in [4.78, 5) is 1.80. The monoisotopic (exact) mass is 318 g/mol. The van der Waals surface area contributed by atoms with Crippen molar-refractivity contribution in [1.29, 1.82) is 0 Å². The summed E-state index contributed by atoms with van der Waals surface area (Å²) < 4.78 is 0. The first-order valence-corrected chi connectivity index (χ1v) is 9.11. The van der Waals surface area contributed by atoms with Gasteiger partial charge in [0.2, 0.25) is 0 Å². The molecule has 1 aromatic rings.